The second kappa shape index (κ2) is 5.20. The summed E-state index contributed by atoms with van der Waals surface area (Å²) in [7, 11) is 2.97. The molecule has 0 rings (SSSR count). The molecule has 0 unspecified atom stereocenters. The van der Waals surface area contributed by atoms with Crippen LogP contribution in [0.25, 0.3) is 0 Å². The van der Waals surface area contributed by atoms with Gasteiger partial charge in [-0.25, -0.2) is 0 Å². The van der Waals surface area contributed by atoms with Gasteiger partial charge in [-0.05, 0) is 13.5 Å². The van der Waals surface area contributed by atoms with Crippen molar-refractivity contribution in [1.29, 1.82) is 0 Å². The van der Waals surface area contributed by atoms with Crippen molar-refractivity contribution in [2.45, 2.75) is 12.5 Å². The normalized spacial score (nSPS) is 12.7. The first-order valence-electron chi connectivity index (χ1n) is 3.12. The number of hydrogen-bond acceptors (Lipinski definition) is 4. The second-order valence-electron chi connectivity index (χ2n) is 1.88. The van der Waals surface area contributed by atoms with Gasteiger partial charge in [0.05, 0.1) is 7.11 Å². The van der Waals surface area contributed by atoms with E-state index in [1.807, 2.05) is 0 Å². The molecule has 0 aromatic carbocycles. The maximum Gasteiger partial charge on any atom is 0.322 e. The molecule has 0 fully saturated rings. The predicted octanol–water partition coefficient (Wildman–Crippen LogP) is -0.870. The van der Waals surface area contributed by atoms with Crippen LogP contribution < -0.4 is 5.32 Å². The number of esters is 1. The predicted molar refractivity (Wildman–Crippen MR) is 36.6 cm³/mol. The molecular weight excluding hydrogens is 134 g/mol. The molecular formula is C6H13NO3. The molecule has 0 aromatic rings. The van der Waals surface area contributed by atoms with Crippen molar-refractivity contribution < 1.29 is 14.6 Å². The molecule has 0 aliphatic carbocycles. The zero-order valence-electron chi connectivity index (χ0n) is 6.26. The number of carbonyl (C=O) groups is 1. The number of aliphatic hydroxyl groups excluding tert-OH is 1. The van der Waals surface area contributed by atoms with Gasteiger partial charge >= 0.3 is 5.97 Å². The lowest BCUT2D eigenvalue weighted by molar-refractivity contribution is -0.143. The molecule has 0 saturated carbocycles. The Kier molecular flexibility index (Phi) is 4.88. The monoisotopic (exact) mass is 147 g/mol. The highest BCUT2D eigenvalue weighted by Crippen LogP contribution is 1.91. The minimum atomic E-state index is -0.380. The SMILES string of the molecule is CN[C@H](CCO)C(=O)OC. The Morgan fingerprint density at radius 3 is 2.70 bits per heavy atom. The van der Waals surface area contributed by atoms with Crippen LogP contribution in [0.2, 0.25) is 0 Å². The summed E-state index contributed by atoms with van der Waals surface area (Å²) < 4.78 is 4.44. The molecule has 0 heterocycles. The van der Waals surface area contributed by atoms with Gasteiger partial charge in [-0.1, -0.05) is 0 Å². The summed E-state index contributed by atoms with van der Waals surface area (Å²) in [5, 5.41) is 11.2. The highest BCUT2D eigenvalue weighted by Gasteiger charge is 2.14. The molecule has 0 bridgehead atoms. The number of carbonyl (C=O) groups excluding carboxylic acids is 1. The zero-order valence-corrected chi connectivity index (χ0v) is 6.26. The third-order valence-electron chi connectivity index (χ3n) is 1.25. The van der Waals surface area contributed by atoms with Crippen molar-refractivity contribution in [3.63, 3.8) is 0 Å². The standard InChI is InChI=1S/C6H13NO3/c1-7-5(3-4-8)6(9)10-2/h5,7-8H,3-4H2,1-2H3/t5-/m1/s1. The molecule has 4 nitrogen and oxygen atoms in total. The molecule has 0 aliphatic heterocycles. The Bertz CT molecular complexity index is 105. The van der Waals surface area contributed by atoms with Crippen LogP contribution in [-0.4, -0.2) is 37.9 Å². The first-order chi connectivity index (χ1) is 4.76. The van der Waals surface area contributed by atoms with Crippen LogP contribution in [0.15, 0.2) is 0 Å². The van der Waals surface area contributed by atoms with Crippen molar-refractivity contribution >= 4 is 5.97 Å². The van der Waals surface area contributed by atoms with Crippen LogP contribution in [0, 0.1) is 0 Å². The van der Waals surface area contributed by atoms with Crippen LogP contribution >= 0.6 is 0 Å². The highest BCUT2D eigenvalue weighted by molar-refractivity contribution is 5.75. The second-order valence-corrected chi connectivity index (χ2v) is 1.88. The fraction of sp³-hybridized carbons (Fsp3) is 0.833. The number of methoxy groups -OCH3 is 1. The average molecular weight is 147 g/mol. The summed E-state index contributed by atoms with van der Waals surface area (Å²) in [5.74, 6) is -0.337. The molecule has 0 aliphatic rings. The van der Waals surface area contributed by atoms with Gasteiger partial charge in [0.25, 0.3) is 0 Å². The maximum atomic E-state index is 10.7. The first kappa shape index (κ1) is 9.39. The smallest absolute Gasteiger partial charge is 0.322 e. The third-order valence-corrected chi connectivity index (χ3v) is 1.25. The van der Waals surface area contributed by atoms with E-state index in [2.05, 4.69) is 10.1 Å². The van der Waals surface area contributed by atoms with Gasteiger partial charge in [0.15, 0.2) is 0 Å². The number of likely N-dealkylation sites (N-methyl/N-ethyl adjacent to an activating group) is 1. The van der Waals surface area contributed by atoms with Gasteiger partial charge in [0.1, 0.15) is 6.04 Å². The fourth-order valence-corrected chi connectivity index (χ4v) is 0.651. The van der Waals surface area contributed by atoms with Crippen LogP contribution in [0.4, 0.5) is 0 Å². The van der Waals surface area contributed by atoms with Crippen molar-refractivity contribution in [2.24, 2.45) is 0 Å². The Morgan fingerprint density at radius 2 is 2.40 bits per heavy atom. The van der Waals surface area contributed by atoms with Gasteiger partial charge in [-0.15, -0.1) is 0 Å². The molecule has 0 spiro atoms. The lowest BCUT2D eigenvalue weighted by Gasteiger charge is -2.10. The van der Waals surface area contributed by atoms with Gasteiger partial charge in [-0.2, -0.15) is 0 Å². The van der Waals surface area contributed by atoms with E-state index in [1.54, 1.807) is 7.05 Å². The number of hydrogen-bond donors (Lipinski definition) is 2. The van der Waals surface area contributed by atoms with E-state index >= 15 is 0 Å². The summed E-state index contributed by atoms with van der Waals surface area (Å²) in [6, 6.07) is -0.380. The Morgan fingerprint density at radius 1 is 1.80 bits per heavy atom. The van der Waals surface area contributed by atoms with Gasteiger partial charge in [0, 0.05) is 6.61 Å². The van der Waals surface area contributed by atoms with Crippen molar-refractivity contribution in [3.05, 3.63) is 0 Å². The molecule has 60 valence electrons. The Labute approximate surface area is 60.2 Å². The summed E-state index contributed by atoms with van der Waals surface area (Å²) >= 11 is 0. The molecule has 0 radical (unpaired) electrons. The quantitative estimate of drug-likeness (QED) is 0.507. The van der Waals surface area contributed by atoms with E-state index in [0.29, 0.717) is 6.42 Å². The minimum absolute atomic E-state index is 0.0133. The highest BCUT2D eigenvalue weighted by atomic mass is 16.5. The van der Waals surface area contributed by atoms with Crippen LogP contribution in [0.5, 0.6) is 0 Å². The third kappa shape index (κ3) is 2.80. The Hall–Kier alpha value is -0.610. The Balaban J connectivity index is 3.68. The first-order valence-corrected chi connectivity index (χ1v) is 3.12. The zero-order chi connectivity index (χ0) is 7.98. The summed E-state index contributed by atoms with van der Waals surface area (Å²) in [6.45, 7) is -0.0133. The number of rotatable bonds is 4. The van der Waals surface area contributed by atoms with E-state index in [-0.39, 0.29) is 18.6 Å². The average Bonchev–Trinajstić information content (AvgIpc) is 1.99. The van der Waals surface area contributed by atoms with E-state index in [1.165, 1.54) is 7.11 Å². The summed E-state index contributed by atoms with van der Waals surface area (Å²) in [4.78, 5) is 10.7. The number of aliphatic hydroxyl groups is 1. The van der Waals surface area contributed by atoms with Crippen molar-refractivity contribution in [3.8, 4) is 0 Å². The van der Waals surface area contributed by atoms with Gasteiger partial charge in [-0.3, -0.25) is 4.79 Å². The molecule has 2 N–H and O–H groups in total. The molecule has 1 atom stereocenters. The molecule has 0 aromatic heterocycles. The minimum Gasteiger partial charge on any atom is -0.468 e. The molecule has 4 heteroatoms. The van der Waals surface area contributed by atoms with Crippen LogP contribution in [-0.2, 0) is 9.53 Å². The topological polar surface area (TPSA) is 58.6 Å². The van der Waals surface area contributed by atoms with Crippen molar-refractivity contribution in [2.75, 3.05) is 20.8 Å². The largest absolute Gasteiger partial charge is 0.468 e. The van der Waals surface area contributed by atoms with Crippen LogP contribution in [0.3, 0.4) is 0 Å². The van der Waals surface area contributed by atoms with Crippen molar-refractivity contribution in [1.82, 2.24) is 5.32 Å². The fourth-order valence-electron chi connectivity index (χ4n) is 0.651. The van der Waals surface area contributed by atoms with E-state index in [0.717, 1.165) is 0 Å². The van der Waals surface area contributed by atoms with E-state index in [9.17, 15) is 4.79 Å². The van der Waals surface area contributed by atoms with Crippen LogP contribution in [0.1, 0.15) is 6.42 Å². The lowest BCUT2D eigenvalue weighted by atomic mass is 10.2. The molecule has 10 heavy (non-hydrogen) atoms. The number of nitrogens with one attached hydrogen (secondary N) is 1. The molecule has 0 amide bonds. The van der Waals surface area contributed by atoms with E-state index < -0.39 is 0 Å². The van der Waals surface area contributed by atoms with Gasteiger partial charge < -0.3 is 15.2 Å². The summed E-state index contributed by atoms with van der Waals surface area (Å²) in [6.07, 6.45) is 0.392. The summed E-state index contributed by atoms with van der Waals surface area (Å²) in [5.41, 5.74) is 0. The number of ether oxygens (including phenoxy) is 1. The maximum absolute atomic E-state index is 10.7. The molecule has 0 saturated heterocycles. The van der Waals surface area contributed by atoms with Gasteiger partial charge in [0.2, 0.25) is 0 Å². The lowest BCUT2D eigenvalue weighted by Crippen LogP contribution is -2.35. The van der Waals surface area contributed by atoms with E-state index in [4.69, 9.17) is 5.11 Å².